The van der Waals surface area contributed by atoms with Gasteiger partial charge in [0.15, 0.2) is 0 Å². The van der Waals surface area contributed by atoms with E-state index in [9.17, 15) is 0 Å². The lowest BCUT2D eigenvalue weighted by atomic mass is 10.2. The molecule has 3 N–H and O–H groups in total. The van der Waals surface area contributed by atoms with E-state index in [1.165, 1.54) is 6.33 Å². The van der Waals surface area contributed by atoms with E-state index in [1.54, 1.807) is 0 Å². The van der Waals surface area contributed by atoms with E-state index in [1.807, 2.05) is 13.8 Å². The first kappa shape index (κ1) is 12.7. The van der Waals surface area contributed by atoms with Crippen molar-refractivity contribution >= 4 is 5.82 Å². The van der Waals surface area contributed by atoms with Crippen molar-refractivity contribution in [2.45, 2.75) is 33.2 Å². The summed E-state index contributed by atoms with van der Waals surface area (Å²) in [6.07, 6.45) is 2.47. The number of nitrogens with two attached hydrogens (primary N) is 1. The van der Waals surface area contributed by atoms with Gasteiger partial charge in [-0.1, -0.05) is 6.92 Å². The first-order chi connectivity index (χ1) is 7.72. The van der Waals surface area contributed by atoms with Gasteiger partial charge in [-0.25, -0.2) is 9.97 Å². The number of rotatable bonds is 6. The average molecular weight is 224 g/mol. The first-order valence-corrected chi connectivity index (χ1v) is 5.63. The summed E-state index contributed by atoms with van der Waals surface area (Å²) in [5.41, 5.74) is 6.57. The van der Waals surface area contributed by atoms with E-state index in [0.717, 1.165) is 17.8 Å². The molecule has 1 aromatic rings. The second-order valence-electron chi connectivity index (χ2n) is 3.57. The summed E-state index contributed by atoms with van der Waals surface area (Å²) in [6.45, 7) is 7.15. The van der Waals surface area contributed by atoms with Crippen molar-refractivity contribution in [1.82, 2.24) is 9.97 Å². The van der Waals surface area contributed by atoms with Crippen molar-refractivity contribution in [3.63, 3.8) is 0 Å². The van der Waals surface area contributed by atoms with Gasteiger partial charge >= 0.3 is 0 Å². The summed E-state index contributed by atoms with van der Waals surface area (Å²) in [5.74, 6) is 1.43. The van der Waals surface area contributed by atoms with Crippen molar-refractivity contribution in [3.8, 4) is 5.88 Å². The monoisotopic (exact) mass is 224 g/mol. The molecule has 0 spiro atoms. The molecule has 5 nitrogen and oxygen atoms in total. The molecule has 1 atom stereocenters. The average Bonchev–Trinajstić information content (AvgIpc) is 2.30. The van der Waals surface area contributed by atoms with E-state index in [2.05, 4.69) is 22.2 Å². The third kappa shape index (κ3) is 3.06. The molecule has 16 heavy (non-hydrogen) atoms. The highest BCUT2D eigenvalue weighted by molar-refractivity contribution is 5.48. The Bertz CT molecular complexity index is 326. The maximum absolute atomic E-state index is 5.64. The lowest BCUT2D eigenvalue weighted by Gasteiger charge is -2.17. The quantitative estimate of drug-likeness (QED) is 0.762. The number of nitrogens with zero attached hydrogens (tertiary/aromatic N) is 2. The van der Waals surface area contributed by atoms with Crippen molar-refractivity contribution in [3.05, 3.63) is 11.9 Å². The van der Waals surface area contributed by atoms with Gasteiger partial charge < -0.3 is 15.8 Å². The van der Waals surface area contributed by atoms with Crippen LogP contribution in [-0.2, 0) is 0 Å². The molecule has 0 aliphatic carbocycles. The molecule has 1 heterocycles. The van der Waals surface area contributed by atoms with Crippen LogP contribution >= 0.6 is 0 Å². The lowest BCUT2D eigenvalue weighted by molar-refractivity contribution is 0.324. The van der Waals surface area contributed by atoms with E-state index in [-0.39, 0.29) is 6.04 Å². The highest BCUT2D eigenvalue weighted by Crippen LogP contribution is 2.20. The largest absolute Gasteiger partial charge is 0.478 e. The first-order valence-electron chi connectivity index (χ1n) is 5.63. The Morgan fingerprint density at radius 2 is 2.19 bits per heavy atom. The van der Waals surface area contributed by atoms with Crippen LogP contribution in [0.2, 0.25) is 0 Å². The fourth-order valence-electron chi connectivity index (χ4n) is 1.38. The van der Waals surface area contributed by atoms with Crippen molar-refractivity contribution < 1.29 is 4.74 Å². The molecule has 0 radical (unpaired) electrons. The Kier molecular flexibility index (Phi) is 4.98. The summed E-state index contributed by atoms with van der Waals surface area (Å²) >= 11 is 0. The number of ether oxygens (including phenoxy) is 1. The minimum Gasteiger partial charge on any atom is -0.478 e. The molecule has 0 aliphatic rings. The van der Waals surface area contributed by atoms with Gasteiger partial charge in [0.2, 0.25) is 5.88 Å². The van der Waals surface area contributed by atoms with Gasteiger partial charge in [-0.3, -0.25) is 0 Å². The van der Waals surface area contributed by atoms with Crippen LogP contribution in [0.4, 0.5) is 5.82 Å². The van der Waals surface area contributed by atoms with Gasteiger partial charge in [0.25, 0.3) is 0 Å². The SMILES string of the molecule is CCOc1ncnc(NC(CC)CN)c1C. The second kappa shape index (κ2) is 6.27. The van der Waals surface area contributed by atoms with Gasteiger partial charge in [-0.15, -0.1) is 0 Å². The summed E-state index contributed by atoms with van der Waals surface area (Å²) in [5, 5.41) is 3.29. The summed E-state index contributed by atoms with van der Waals surface area (Å²) in [7, 11) is 0. The van der Waals surface area contributed by atoms with Crippen LogP contribution in [0, 0.1) is 6.92 Å². The number of aromatic nitrogens is 2. The van der Waals surface area contributed by atoms with Crippen molar-refractivity contribution in [2.75, 3.05) is 18.5 Å². The third-order valence-electron chi connectivity index (χ3n) is 2.44. The van der Waals surface area contributed by atoms with E-state index >= 15 is 0 Å². The molecule has 0 saturated heterocycles. The van der Waals surface area contributed by atoms with Crippen LogP contribution in [0.1, 0.15) is 25.8 Å². The molecule has 90 valence electrons. The van der Waals surface area contributed by atoms with Crippen molar-refractivity contribution in [1.29, 1.82) is 0 Å². The Hall–Kier alpha value is -1.36. The zero-order chi connectivity index (χ0) is 12.0. The van der Waals surface area contributed by atoms with E-state index in [0.29, 0.717) is 19.0 Å². The third-order valence-corrected chi connectivity index (χ3v) is 2.44. The highest BCUT2D eigenvalue weighted by Gasteiger charge is 2.10. The smallest absolute Gasteiger partial charge is 0.221 e. The highest BCUT2D eigenvalue weighted by atomic mass is 16.5. The molecule has 0 aliphatic heterocycles. The molecule has 0 saturated carbocycles. The Labute approximate surface area is 96.4 Å². The number of anilines is 1. The van der Waals surface area contributed by atoms with Crippen LogP contribution in [0.3, 0.4) is 0 Å². The van der Waals surface area contributed by atoms with Gasteiger partial charge in [-0.2, -0.15) is 0 Å². The molecule has 0 bridgehead atoms. The zero-order valence-corrected chi connectivity index (χ0v) is 10.2. The standard InChI is InChI=1S/C11H20N4O/c1-4-9(6-12)15-10-8(3)11(16-5-2)14-7-13-10/h7,9H,4-6,12H2,1-3H3,(H,13,14,15). The lowest BCUT2D eigenvalue weighted by Crippen LogP contribution is -2.28. The van der Waals surface area contributed by atoms with Crippen molar-refractivity contribution in [2.24, 2.45) is 5.73 Å². The van der Waals surface area contributed by atoms with E-state index in [4.69, 9.17) is 10.5 Å². The number of nitrogens with one attached hydrogen (secondary N) is 1. The van der Waals surface area contributed by atoms with Gasteiger partial charge in [-0.05, 0) is 20.3 Å². The van der Waals surface area contributed by atoms with Crippen LogP contribution in [-0.4, -0.2) is 29.2 Å². The predicted molar refractivity (Wildman–Crippen MR) is 64.7 cm³/mol. The normalized spacial score (nSPS) is 12.2. The molecule has 5 heteroatoms. The van der Waals surface area contributed by atoms with Crippen LogP contribution < -0.4 is 15.8 Å². The summed E-state index contributed by atoms with van der Waals surface area (Å²) in [6, 6.07) is 0.239. The molecular formula is C11H20N4O. The van der Waals surface area contributed by atoms with Crippen LogP contribution in [0.15, 0.2) is 6.33 Å². The fourth-order valence-corrected chi connectivity index (χ4v) is 1.38. The van der Waals surface area contributed by atoms with Gasteiger partial charge in [0.1, 0.15) is 12.1 Å². The molecule has 0 aromatic carbocycles. The minimum atomic E-state index is 0.239. The molecule has 1 unspecified atom stereocenters. The second-order valence-corrected chi connectivity index (χ2v) is 3.57. The Balaban J connectivity index is 2.83. The van der Waals surface area contributed by atoms with E-state index < -0.39 is 0 Å². The molecule has 0 amide bonds. The molecule has 1 aromatic heterocycles. The predicted octanol–water partition coefficient (Wildman–Crippen LogP) is 1.33. The number of hydrogen-bond acceptors (Lipinski definition) is 5. The summed E-state index contributed by atoms with van der Waals surface area (Å²) < 4.78 is 5.40. The maximum atomic E-state index is 5.64. The van der Waals surface area contributed by atoms with Gasteiger partial charge in [0, 0.05) is 12.6 Å². The molecular weight excluding hydrogens is 204 g/mol. The number of hydrogen-bond donors (Lipinski definition) is 2. The minimum absolute atomic E-state index is 0.239. The molecule has 1 rings (SSSR count). The molecule has 0 fully saturated rings. The Morgan fingerprint density at radius 3 is 2.75 bits per heavy atom. The van der Waals surface area contributed by atoms with Crippen LogP contribution in [0.25, 0.3) is 0 Å². The zero-order valence-electron chi connectivity index (χ0n) is 10.2. The van der Waals surface area contributed by atoms with Gasteiger partial charge in [0.05, 0.1) is 12.2 Å². The summed E-state index contributed by atoms with van der Waals surface area (Å²) in [4.78, 5) is 8.28. The maximum Gasteiger partial charge on any atom is 0.221 e. The Morgan fingerprint density at radius 1 is 1.44 bits per heavy atom. The van der Waals surface area contributed by atoms with Crippen LogP contribution in [0.5, 0.6) is 5.88 Å². The fraction of sp³-hybridized carbons (Fsp3) is 0.636. The topological polar surface area (TPSA) is 73.1 Å².